The van der Waals surface area contributed by atoms with Gasteiger partial charge in [-0.1, -0.05) is 42.5 Å². The zero-order valence-electron chi connectivity index (χ0n) is 15.8. The van der Waals surface area contributed by atoms with Crippen LogP contribution in [-0.4, -0.2) is 44.8 Å². The molecule has 1 unspecified atom stereocenters. The Bertz CT molecular complexity index is 896. The summed E-state index contributed by atoms with van der Waals surface area (Å²) >= 11 is 0. The van der Waals surface area contributed by atoms with Crippen molar-refractivity contribution in [2.75, 3.05) is 27.7 Å². The number of nitrogens with one attached hydrogen (secondary N) is 1. The summed E-state index contributed by atoms with van der Waals surface area (Å²) in [5.74, 6) is 0.825. The number of hydrogen-bond donors (Lipinski definition) is 1. The molecule has 6 nitrogen and oxygen atoms in total. The van der Waals surface area contributed by atoms with Gasteiger partial charge in [0.15, 0.2) is 0 Å². The molecule has 1 aliphatic rings. The Morgan fingerprint density at radius 2 is 1.67 bits per heavy atom. The van der Waals surface area contributed by atoms with Gasteiger partial charge in [0.2, 0.25) is 0 Å². The van der Waals surface area contributed by atoms with E-state index in [2.05, 4.69) is 5.32 Å². The van der Waals surface area contributed by atoms with Crippen LogP contribution in [-0.2, 0) is 16.8 Å². The van der Waals surface area contributed by atoms with E-state index in [9.17, 15) is 8.42 Å². The Morgan fingerprint density at radius 1 is 1.00 bits per heavy atom. The molecule has 7 heteroatoms. The predicted molar refractivity (Wildman–Crippen MR) is 106 cm³/mol. The van der Waals surface area contributed by atoms with E-state index in [0.717, 1.165) is 22.4 Å². The highest BCUT2D eigenvalue weighted by Crippen LogP contribution is 2.34. The molecule has 1 heterocycles. The minimum Gasteiger partial charge on any atom is -0.497 e. The van der Waals surface area contributed by atoms with Crippen LogP contribution in [0.15, 0.2) is 66.4 Å². The Labute approximate surface area is 161 Å². The molecule has 0 fully saturated rings. The van der Waals surface area contributed by atoms with Crippen LogP contribution >= 0.6 is 0 Å². The first-order valence-corrected chi connectivity index (χ1v) is 10.1. The molecule has 0 aliphatic carbocycles. The molecule has 1 atom stereocenters. The van der Waals surface area contributed by atoms with Crippen LogP contribution in [0.25, 0.3) is 0 Å². The highest BCUT2D eigenvalue weighted by atomic mass is 32.2. The van der Waals surface area contributed by atoms with Crippen LogP contribution in [0.4, 0.5) is 0 Å². The summed E-state index contributed by atoms with van der Waals surface area (Å²) in [6, 6.07) is 17.3. The zero-order chi connectivity index (χ0) is 19.4. The minimum atomic E-state index is -3.51. The maximum absolute atomic E-state index is 12.6. The lowest BCUT2D eigenvalue weighted by molar-refractivity contribution is 0.355. The molecule has 0 saturated carbocycles. The van der Waals surface area contributed by atoms with Crippen LogP contribution in [0.5, 0.6) is 5.75 Å². The van der Waals surface area contributed by atoms with Gasteiger partial charge >= 0.3 is 10.2 Å². The number of likely N-dealkylation sites (N-methyl/N-ethyl adjacent to an activating group) is 1. The number of ether oxygens (including phenoxy) is 1. The number of rotatable bonds is 6. The fourth-order valence-corrected chi connectivity index (χ4v) is 4.44. The molecule has 0 bridgehead atoms. The lowest BCUT2D eigenvalue weighted by atomic mass is 9.99. The summed E-state index contributed by atoms with van der Waals surface area (Å²) in [6.45, 7) is 1.26. The van der Waals surface area contributed by atoms with E-state index >= 15 is 0 Å². The molecule has 0 saturated heterocycles. The third-order valence-electron chi connectivity index (χ3n) is 4.72. The third-order valence-corrected chi connectivity index (χ3v) is 6.49. The number of hydrogen-bond acceptors (Lipinski definition) is 4. The molecule has 0 aromatic heterocycles. The monoisotopic (exact) mass is 387 g/mol. The second-order valence-corrected chi connectivity index (χ2v) is 8.56. The van der Waals surface area contributed by atoms with E-state index < -0.39 is 10.2 Å². The highest BCUT2D eigenvalue weighted by molar-refractivity contribution is 7.86. The third kappa shape index (κ3) is 4.16. The van der Waals surface area contributed by atoms with Gasteiger partial charge in [0.1, 0.15) is 5.75 Å². The first-order valence-electron chi connectivity index (χ1n) is 8.73. The molecule has 1 N–H and O–H groups in total. The van der Waals surface area contributed by atoms with E-state index in [1.165, 1.54) is 8.61 Å². The molecule has 2 aromatic rings. The van der Waals surface area contributed by atoms with Gasteiger partial charge in [0.25, 0.3) is 0 Å². The van der Waals surface area contributed by atoms with Crippen molar-refractivity contribution in [3.05, 3.63) is 77.5 Å². The SMILES string of the molecule is COc1ccc(CNCC2=CN(C)S(=O)(=O)N(C)C2c2ccccc2)cc1. The average molecular weight is 388 g/mol. The molecule has 3 rings (SSSR count). The van der Waals surface area contributed by atoms with Crippen molar-refractivity contribution in [2.45, 2.75) is 12.6 Å². The Hall–Kier alpha value is -2.35. The van der Waals surface area contributed by atoms with Gasteiger partial charge in [0.05, 0.1) is 13.2 Å². The van der Waals surface area contributed by atoms with Crippen molar-refractivity contribution in [2.24, 2.45) is 0 Å². The van der Waals surface area contributed by atoms with Crippen LogP contribution in [0.3, 0.4) is 0 Å². The predicted octanol–water partition coefficient (Wildman–Crippen LogP) is 2.53. The van der Waals surface area contributed by atoms with Gasteiger partial charge in [-0.25, -0.2) is 0 Å². The molecule has 144 valence electrons. The average Bonchev–Trinajstić information content (AvgIpc) is 2.68. The number of nitrogens with zero attached hydrogens (tertiary/aromatic N) is 2. The highest BCUT2D eigenvalue weighted by Gasteiger charge is 2.36. The number of benzene rings is 2. The summed E-state index contributed by atoms with van der Waals surface area (Å²) in [6.07, 6.45) is 1.72. The molecule has 1 aliphatic heterocycles. The largest absolute Gasteiger partial charge is 0.497 e. The molecule has 0 amide bonds. The minimum absolute atomic E-state index is 0.323. The second kappa shape index (κ2) is 8.12. The van der Waals surface area contributed by atoms with Crippen molar-refractivity contribution < 1.29 is 13.2 Å². The topological polar surface area (TPSA) is 61.9 Å². The lowest BCUT2D eigenvalue weighted by Gasteiger charge is -2.37. The normalized spacial score (nSPS) is 19.6. The Morgan fingerprint density at radius 3 is 2.30 bits per heavy atom. The standard InChI is InChI=1S/C20H25N3O3S/c1-22-15-18(14-21-13-16-9-11-19(26-3)12-10-16)20(23(2)27(22,24)25)17-7-5-4-6-8-17/h4-12,15,20-21H,13-14H2,1-3H3. The van der Waals surface area contributed by atoms with Crippen molar-refractivity contribution in [1.82, 2.24) is 13.9 Å². The van der Waals surface area contributed by atoms with Crippen molar-refractivity contribution in [3.8, 4) is 5.75 Å². The summed E-state index contributed by atoms with van der Waals surface area (Å²) in [5.41, 5.74) is 3.08. The van der Waals surface area contributed by atoms with E-state index in [1.807, 2.05) is 54.6 Å². The molecular formula is C20H25N3O3S. The van der Waals surface area contributed by atoms with Crippen molar-refractivity contribution >= 4 is 10.2 Å². The smallest absolute Gasteiger partial charge is 0.303 e. The van der Waals surface area contributed by atoms with Crippen molar-refractivity contribution in [3.63, 3.8) is 0 Å². The van der Waals surface area contributed by atoms with Crippen LogP contribution in [0, 0.1) is 0 Å². The first-order chi connectivity index (χ1) is 12.9. The molecule has 27 heavy (non-hydrogen) atoms. The molecule has 0 radical (unpaired) electrons. The zero-order valence-corrected chi connectivity index (χ0v) is 16.6. The first kappa shape index (κ1) is 19.4. The van der Waals surface area contributed by atoms with Gasteiger partial charge in [-0.15, -0.1) is 0 Å². The molecular weight excluding hydrogens is 362 g/mol. The van der Waals surface area contributed by atoms with E-state index in [0.29, 0.717) is 13.1 Å². The second-order valence-electron chi connectivity index (χ2n) is 6.51. The lowest BCUT2D eigenvalue weighted by Crippen LogP contribution is -2.45. The van der Waals surface area contributed by atoms with E-state index in [1.54, 1.807) is 27.4 Å². The van der Waals surface area contributed by atoms with Gasteiger partial charge in [-0.05, 0) is 28.8 Å². The van der Waals surface area contributed by atoms with E-state index in [4.69, 9.17) is 4.74 Å². The quantitative estimate of drug-likeness (QED) is 0.827. The Balaban J connectivity index is 1.78. The van der Waals surface area contributed by atoms with Gasteiger partial charge < -0.3 is 10.1 Å². The van der Waals surface area contributed by atoms with Crippen LogP contribution < -0.4 is 10.1 Å². The van der Waals surface area contributed by atoms with Gasteiger partial charge in [0, 0.05) is 33.4 Å². The fourth-order valence-electron chi connectivity index (χ4n) is 3.24. The fraction of sp³-hybridized carbons (Fsp3) is 0.300. The number of methoxy groups -OCH3 is 1. The summed E-state index contributed by atoms with van der Waals surface area (Å²) in [7, 11) is 1.33. The maximum Gasteiger partial charge on any atom is 0.303 e. The van der Waals surface area contributed by atoms with Crippen molar-refractivity contribution in [1.29, 1.82) is 0 Å². The summed E-state index contributed by atoms with van der Waals surface area (Å²) in [5, 5.41) is 3.42. The maximum atomic E-state index is 12.6. The van der Waals surface area contributed by atoms with Gasteiger partial charge in [-0.2, -0.15) is 12.7 Å². The van der Waals surface area contributed by atoms with Crippen LogP contribution in [0.1, 0.15) is 17.2 Å². The molecule has 2 aromatic carbocycles. The van der Waals surface area contributed by atoms with Crippen LogP contribution in [0.2, 0.25) is 0 Å². The van der Waals surface area contributed by atoms with Gasteiger partial charge in [-0.3, -0.25) is 4.31 Å². The Kier molecular flexibility index (Phi) is 5.84. The molecule has 0 spiro atoms. The summed E-state index contributed by atoms with van der Waals surface area (Å²) in [4.78, 5) is 0. The summed E-state index contributed by atoms with van der Waals surface area (Å²) < 4.78 is 33.0. The van der Waals surface area contributed by atoms with E-state index in [-0.39, 0.29) is 6.04 Å².